The first-order valence-electron chi connectivity index (χ1n) is 6.84. The summed E-state index contributed by atoms with van der Waals surface area (Å²) in [4.78, 5) is 21.2. The topological polar surface area (TPSA) is 87.7 Å². The van der Waals surface area contributed by atoms with Gasteiger partial charge < -0.3 is 14.4 Å². The number of rotatable bonds is 2. The lowest BCUT2D eigenvalue weighted by Gasteiger charge is -2.05. The Balaban J connectivity index is 1.99. The van der Waals surface area contributed by atoms with E-state index in [2.05, 4.69) is 11.6 Å². The highest BCUT2D eigenvalue weighted by Gasteiger charge is 2.20. The number of fused-ring (bicyclic) bond motifs is 1. The maximum absolute atomic E-state index is 12.5. The van der Waals surface area contributed by atoms with Crippen LogP contribution in [0.5, 0.6) is 0 Å². The number of carboxylic acid groups (broad SMARTS) is 1. The molecule has 2 aromatic carbocycles. The molecule has 0 aliphatic rings. The fraction of sp³-hybridized carbons (Fsp3) is 0. The van der Waals surface area contributed by atoms with Gasteiger partial charge in [0.2, 0.25) is 0 Å². The van der Waals surface area contributed by atoms with Crippen LogP contribution in [0.3, 0.4) is 0 Å². The van der Waals surface area contributed by atoms with Crippen LogP contribution in [-0.4, -0.2) is 16.0 Å². The van der Waals surface area contributed by atoms with Crippen LogP contribution in [0.4, 0.5) is 0 Å². The van der Waals surface area contributed by atoms with Crippen molar-refractivity contribution < 1.29 is 23.8 Å². The van der Waals surface area contributed by atoms with E-state index in [9.17, 15) is 14.3 Å². The van der Waals surface area contributed by atoms with Crippen LogP contribution >= 0.6 is 30.6 Å². The molecule has 126 valence electrons. The second kappa shape index (κ2) is 6.59. The summed E-state index contributed by atoms with van der Waals surface area (Å²) < 4.78 is 17.7. The number of aromatic carboxylic acids is 1. The Morgan fingerprint density at radius 2 is 1.80 bits per heavy atom. The van der Waals surface area contributed by atoms with Crippen molar-refractivity contribution in [2.45, 2.75) is 0 Å². The molecular weight excluding hydrogens is 386 g/mol. The third-order valence-corrected chi connectivity index (χ3v) is 5.39. The highest BCUT2D eigenvalue weighted by Crippen LogP contribution is 2.39. The Labute approximate surface area is 152 Å². The molecule has 1 atom stereocenters. The van der Waals surface area contributed by atoms with Crippen LogP contribution < -0.4 is 5.30 Å². The van der Waals surface area contributed by atoms with E-state index in [-0.39, 0.29) is 26.5 Å². The summed E-state index contributed by atoms with van der Waals surface area (Å²) in [5, 5.41) is 9.74. The minimum atomic E-state index is -3.98. The van der Waals surface area contributed by atoms with Crippen LogP contribution in [0.25, 0.3) is 11.0 Å². The fourth-order valence-corrected chi connectivity index (χ4v) is 3.81. The van der Waals surface area contributed by atoms with E-state index < -0.39 is 13.3 Å². The van der Waals surface area contributed by atoms with Crippen molar-refractivity contribution in [1.82, 2.24) is 0 Å². The molecule has 0 amide bonds. The first-order valence-corrected chi connectivity index (χ1v) is 9.26. The Morgan fingerprint density at radius 3 is 2.44 bits per heavy atom. The lowest BCUT2D eigenvalue weighted by atomic mass is 10.1. The molecule has 3 rings (SSSR count). The molecule has 0 aliphatic carbocycles. The Morgan fingerprint density at radius 1 is 1.12 bits per heavy atom. The molecule has 3 aromatic rings. The van der Waals surface area contributed by atoms with Gasteiger partial charge in [-0.2, -0.15) is 0 Å². The van der Waals surface area contributed by atoms with Gasteiger partial charge in [-0.25, -0.2) is 4.79 Å². The van der Waals surface area contributed by atoms with Gasteiger partial charge in [-0.05, 0) is 36.0 Å². The lowest BCUT2D eigenvalue weighted by molar-refractivity contribution is 0.0697. The standard InChI is InChI=1S/C17H9Cl2O5P/c18-13-7-10(8-14(19)16(13)17(20)21)4-6-25(22,23)12-2-1-11-3-5-24-15(11)9-12/h1-3,5,7-9H,(H,20,21)(H,22,23). The molecule has 25 heavy (non-hydrogen) atoms. The maximum atomic E-state index is 12.5. The van der Waals surface area contributed by atoms with Crippen molar-refractivity contribution in [2.75, 3.05) is 0 Å². The lowest BCUT2D eigenvalue weighted by Crippen LogP contribution is -2.02. The molecule has 0 fully saturated rings. The minimum absolute atomic E-state index is 0.103. The molecule has 0 radical (unpaired) electrons. The number of carbonyl (C=O) groups is 1. The summed E-state index contributed by atoms with van der Waals surface area (Å²) in [7, 11) is -3.98. The van der Waals surface area contributed by atoms with Crippen LogP contribution in [0.1, 0.15) is 15.9 Å². The summed E-state index contributed by atoms with van der Waals surface area (Å²) in [6.45, 7) is 0. The molecule has 8 heteroatoms. The average molecular weight is 395 g/mol. The molecule has 1 aromatic heterocycles. The van der Waals surface area contributed by atoms with E-state index >= 15 is 0 Å². The van der Waals surface area contributed by atoms with Gasteiger partial charge in [-0.1, -0.05) is 35.2 Å². The van der Waals surface area contributed by atoms with Gasteiger partial charge in [-0.15, -0.1) is 0 Å². The predicted octanol–water partition coefficient (Wildman–Crippen LogP) is 4.34. The first kappa shape index (κ1) is 17.6. The van der Waals surface area contributed by atoms with E-state index in [4.69, 9.17) is 32.7 Å². The molecule has 0 bridgehead atoms. The highest BCUT2D eigenvalue weighted by atomic mass is 35.5. The molecule has 0 spiro atoms. The minimum Gasteiger partial charge on any atom is -0.478 e. The van der Waals surface area contributed by atoms with Crippen LogP contribution in [-0.2, 0) is 4.57 Å². The highest BCUT2D eigenvalue weighted by molar-refractivity contribution is 7.71. The van der Waals surface area contributed by atoms with Gasteiger partial charge in [0.15, 0.2) is 0 Å². The Hall–Kier alpha value is -2.22. The number of hydrogen-bond acceptors (Lipinski definition) is 3. The zero-order chi connectivity index (χ0) is 18.2. The van der Waals surface area contributed by atoms with Crippen molar-refractivity contribution in [1.29, 1.82) is 0 Å². The third-order valence-electron chi connectivity index (χ3n) is 3.40. The molecule has 1 heterocycles. The number of benzene rings is 2. The van der Waals surface area contributed by atoms with Gasteiger partial charge in [0.25, 0.3) is 0 Å². The zero-order valence-electron chi connectivity index (χ0n) is 12.4. The van der Waals surface area contributed by atoms with Gasteiger partial charge in [0, 0.05) is 10.9 Å². The van der Waals surface area contributed by atoms with Crippen molar-refractivity contribution in [3.8, 4) is 11.6 Å². The number of carboxylic acids is 1. The maximum Gasteiger partial charge on any atom is 0.338 e. The predicted molar refractivity (Wildman–Crippen MR) is 96.0 cm³/mol. The van der Waals surface area contributed by atoms with Crippen LogP contribution in [0, 0.1) is 11.6 Å². The summed E-state index contributed by atoms with van der Waals surface area (Å²) in [5.74, 6) is 1.25. The van der Waals surface area contributed by atoms with Gasteiger partial charge in [-0.3, -0.25) is 4.57 Å². The third kappa shape index (κ3) is 3.58. The number of hydrogen-bond donors (Lipinski definition) is 2. The van der Waals surface area contributed by atoms with E-state index in [1.165, 1.54) is 30.5 Å². The zero-order valence-corrected chi connectivity index (χ0v) is 14.8. The normalized spacial score (nSPS) is 13.1. The number of furan rings is 1. The molecule has 5 nitrogen and oxygen atoms in total. The fourth-order valence-electron chi connectivity index (χ4n) is 2.19. The Kier molecular flexibility index (Phi) is 4.64. The molecular formula is C17H9Cl2O5P. The summed E-state index contributed by atoms with van der Waals surface area (Å²) in [6.07, 6.45) is 1.48. The summed E-state index contributed by atoms with van der Waals surface area (Å²) in [6, 6.07) is 8.91. The van der Waals surface area contributed by atoms with Crippen LogP contribution in [0.15, 0.2) is 47.1 Å². The summed E-state index contributed by atoms with van der Waals surface area (Å²) >= 11 is 11.7. The van der Waals surface area contributed by atoms with Gasteiger partial charge in [0.05, 0.1) is 27.2 Å². The van der Waals surface area contributed by atoms with Crippen molar-refractivity contribution >= 4 is 52.8 Å². The van der Waals surface area contributed by atoms with E-state index in [0.717, 1.165) is 5.39 Å². The second-order valence-corrected chi connectivity index (χ2v) is 7.78. The van der Waals surface area contributed by atoms with Crippen LogP contribution in [0.2, 0.25) is 10.0 Å². The molecule has 0 saturated carbocycles. The first-order chi connectivity index (χ1) is 11.8. The van der Waals surface area contributed by atoms with Crippen molar-refractivity contribution in [2.24, 2.45) is 0 Å². The molecule has 0 saturated heterocycles. The molecule has 0 aliphatic heterocycles. The summed E-state index contributed by atoms with van der Waals surface area (Å²) in [5.41, 5.74) is 2.77. The molecule has 2 N–H and O–H groups in total. The van der Waals surface area contributed by atoms with Gasteiger partial charge in [0.1, 0.15) is 5.58 Å². The largest absolute Gasteiger partial charge is 0.478 e. The smallest absolute Gasteiger partial charge is 0.338 e. The Bertz CT molecular complexity index is 1080. The van der Waals surface area contributed by atoms with E-state index in [1.807, 2.05) is 0 Å². The van der Waals surface area contributed by atoms with E-state index in [1.54, 1.807) is 12.1 Å². The van der Waals surface area contributed by atoms with E-state index in [0.29, 0.717) is 5.58 Å². The quantitative estimate of drug-likeness (QED) is 0.498. The van der Waals surface area contributed by atoms with Crippen molar-refractivity contribution in [3.63, 3.8) is 0 Å². The average Bonchev–Trinajstić information content (AvgIpc) is 2.99. The molecule has 1 unspecified atom stereocenters. The second-order valence-electron chi connectivity index (χ2n) is 5.08. The number of halogens is 2. The van der Waals surface area contributed by atoms with Gasteiger partial charge >= 0.3 is 13.3 Å². The SMILES string of the molecule is O=C(O)c1c(Cl)cc(C#CP(=O)(O)c2ccc3ccoc3c2)cc1Cl. The monoisotopic (exact) mass is 394 g/mol. The van der Waals surface area contributed by atoms with Crippen molar-refractivity contribution in [3.05, 3.63) is 63.8 Å².